The first-order valence-electron chi connectivity index (χ1n) is 10.2. The van der Waals surface area contributed by atoms with Gasteiger partial charge in [0.1, 0.15) is 0 Å². The van der Waals surface area contributed by atoms with Gasteiger partial charge in [0.2, 0.25) is 5.91 Å². The third-order valence-electron chi connectivity index (χ3n) is 5.83. The average Bonchev–Trinajstić information content (AvgIpc) is 3.20. The van der Waals surface area contributed by atoms with Crippen molar-refractivity contribution in [2.45, 2.75) is 6.42 Å². The van der Waals surface area contributed by atoms with Gasteiger partial charge in [-0.25, -0.2) is 0 Å². The molecule has 2 amide bonds. The summed E-state index contributed by atoms with van der Waals surface area (Å²) in [5.41, 5.74) is 2.23. The van der Waals surface area contributed by atoms with E-state index < -0.39 is 5.92 Å². The summed E-state index contributed by atoms with van der Waals surface area (Å²) in [6.45, 7) is 2.85. The predicted molar refractivity (Wildman–Crippen MR) is 118 cm³/mol. The quantitative estimate of drug-likeness (QED) is 0.682. The van der Waals surface area contributed by atoms with Crippen LogP contribution in [0.25, 0.3) is 0 Å². The number of anilines is 2. The molecule has 8 heteroatoms. The summed E-state index contributed by atoms with van der Waals surface area (Å²) in [5.74, 6) is -0.908. The second-order valence-electron chi connectivity index (χ2n) is 7.71. The van der Waals surface area contributed by atoms with E-state index in [0.717, 1.165) is 5.69 Å². The lowest BCUT2D eigenvalue weighted by Crippen LogP contribution is -2.48. The number of rotatable bonds is 4. The molecule has 2 fully saturated rings. The van der Waals surface area contributed by atoms with Crippen molar-refractivity contribution in [2.75, 3.05) is 49.6 Å². The zero-order valence-corrected chi connectivity index (χ0v) is 18.0. The molecule has 4 rings (SSSR count). The van der Waals surface area contributed by atoms with Crippen LogP contribution in [0.4, 0.5) is 11.4 Å². The highest BCUT2D eigenvalue weighted by Crippen LogP contribution is 2.34. The van der Waals surface area contributed by atoms with Gasteiger partial charge >= 0.3 is 5.97 Å². The number of esters is 1. The van der Waals surface area contributed by atoms with E-state index in [-0.39, 0.29) is 24.2 Å². The fourth-order valence-electron chi connectivity index (χ4n) is 4.12. The van der Waals surface area contributed by atoms with Crippen LogP contribution in [-0.2, 0) is 14.3 Å². The molecule has 2 aliphatic heterocycles. The van der Waals surface area contributed by atoms with Gasteiger partial charge in [0.25, 0.3) is 5.91 Å². The van der Waals surface area contributed by atoms with Gasteiger partial charge in [0.15, 0.2) is 0 Å². The number of hydrogen-bond donors (Lipinski definition) is 0. The Morgan fingerprint density at radius 3 is 2.39 bits per heavy atom. The summed E-state index contributed by atoms with van der Waals surface area (Å²) in [6.07, 6.45) is 0.142. The molecular weight excluding hydrogens is 418 g/mol. The fourth-order valence-corrected chi connectivity index (χ4v) is 4.41. The van der Waals surface area contributed by atoms with Crippen LogP contribution in [0.15, 0.2) is 48.5 Å². The SMILES string of the molecule is COC(=O)C1CC(=O)N(c2ccc(N3CCN(C(=O)c4ccccc4)CC3)c(Cl)c2)C1. The second kappa shape index (κ2) is 8.98. The highest BCUT2D eigenvalue weighted by atomic mass is 35.5. The first kappa shape index (κ1) is 21.2. The Morgan fingerprint density at radius 1 is 1.03 bits per heavy atom. The van der Waals surface area contributed by atoms with Crippen LogP contribution < -0.4 is 9.80 Å². The topological polar surface area (TPSA) is 70.2 Å². The van der Waals surface area contributed by atoms with Crippen molar-refractivity contribution in [1.29, 1.82) is 0 Å². The molecule has 0 aliphatic carbocycles. The van der Waals surface area contributed by atoms with Gasteiger partial charge in [-0.3, -0.25) is 14.4 Å². The molecule has 2 heterocycles. The number of halogens is 1. The van der Waals surface area contributed by atoms with E-state index in [9.17, 15) is 14.4 Å². The number of piperazine rings is 1. The Kier molecular flexibility index (Phi) is 6.13. The molecule has 162 valence electrons. The molecule has 2 aromatic carbocycles. The van der Waals surface area contributed by atoms with Crippen molar-refractivity contribution >= 4 is 40.8 Å². The predicted octanol–water partition coefficient (Wildman–Crippen LogP) is 2.83. The summed E-state index contributed by atoms with van der Waals surface area (Å²) in [7, 11) is 1.33. The maximum absolute atomic E-state index is 12.6. The molecule has 2 aliphatic rings. The van der Waals surface area contributed by atoms with Crippen LogP contribution in [-0.4, -0.2) is 62.5 Å². The number of amides is 2. The van der Waals surface area contributed by atoms with Crippen LogP contribution in [0, 0.1) is 5.92 Å². The van der Waals surface area contributed by atoms with E-state index in [4.69, 9.17) is 16.3 Å². The van der Waals surface area contributed by atoms with E-state index in [2.05, 4.69) is 4.90 Å². The number of hydrogen-bond acceptors (Lipinski definition) is 5. The van der Waals surface area contributed by atoms with Gasteiger partial charge in [0.05, 0.1) is 23.7 Å². The molecule has 0 saturated carbocycles. The molecule has 0 spiro atoms. The van der Waals surface area contributed by atoms with Crippen LogP contribution in [0.2, 0.25) is 5.02 Å². The van der Waals surface area contributed by atoms with E-state index in [1.165, 1.54) is 7.11 Å². The second-order valence-corrected chi connectivity index (χ2v) is 8.12. The van der Waals surface area contributed by atoms with Crippen LogP contribution >= 0.6 is 11.6 Å². The summed E-state index contributed by atoms with van der Waals surface area (Å²) in [6, 6.07) is 14.8. The van der Waals surface area contributed by atoms with Crippen molar-refractivity contribution in [1.82, 2.24) is 4.90 Å². The number of nitrogens with zero attached hydrogens (tertiary/aromatic N) is 3. The average molecular weight is 442 g/mol. The molecule has 0 bridgehead atoms. The molecular formula is C23H24ClN3O4. The van der Waals surface area contributed by atoms with Crippen LogP contribution in [0.5, 0.6) is 0 Å². The van der Waals surface area contributed by atoms with Gasteiger partial charge in [-0.2, -0.15) is 0 Å². The standard InChI is InChI=1S/C23H24ClN3O4/c1-31-23(30)17-13-21(28)27(15-17)18-7-8-20(19(24)14-18)25-9-11-26(12-10-25)22(29)16-5-3-2-4-6-16/h2-8,14,17H,9-13,15H2,1H3. The van der Waals surface area contributed by atoms with E-state index in [1.54, 1.807) is 11.0 Å². The van der Waals surface area contributed by atoms with E-state index >= 15 is 0 Å². The number of methoxy groups -OCH3 is 1. The minimum Gasteiger partial charge on any atom is -0.469 e. The minimum atomic E-state index is -0.453. The lowest BCUT2D eigenvalue weighted by Gasteiger charge is -2.36. The van der Waals surface area contributed by atoms with Crippen molar-refractivity contribution in [3.8, 4) is 0 Å². The molecule has 31 heavy (non-hydrogen) atoms. The minimum absolute atomic E-state index is 0.0365. The first-order chi connectivity index (χ1) is 15.0. The van der Waals surface area contributed by atoms with Gasteiger partial charge in [-0.05, 0) is 30.3 Å². The lowest BCUT2D eigenvalue weighted by atomic mass is 10.1. The number of ether oxygens (including phenoxy) is 1. The summed E-state index contributed by atoms with van der Waals surface area (Å²) < 4.78 is 4.76. The fraction of sp³-hybridized carbons (Fsp3) is 0.348. The van der Waals surface area contributed by atoms with Gasteiger partial charge < -0.3 is 19.4 Å². The highest BCUT2D eigenvalue weighted by molar-refractivity contribution is 6.33. The van der Waals surface area contributed by atoms with Crippen LogP contribution in [0.1, 0.15) is 16.8 Å². The smallest absolute Gasteiger partial charge is 0.311 e. The van der Waals surface area contributed by atoms with Crippen molar-refractivity contribution in [3.63, 3.8) is 0 Å². The highest BCUT2D eigenvalue weighted by Gasteiger charge is 2.36. The molecule has 1 unspecified atom stereocenters. The summed E-state index contributed by atoms with van der Waals surface area (Å²) >= 11 is 6.56. The Labute approximate surface area is 186 Å². The zero-order chi connectivity index (χ0) is 22.0. The summed E-state index contributed by atoms with van der Waals surface area (Å²) in [4.78, 5) is 42.3. The monoisotopic (exact) mass is 441 g/mol. The van der Waals surface area contributed by atoms with Gasteiger partial charge in [-0.15, -0.1) is 0 Å². The third-order valence-corrected chi connectivity index (χ3v) is 6.13. The molecule has 0 radical (unpaired) electrons. The Hall–Kier alpha value is -3.06. The summed E-state index contributed by atoms with van der Waals surface area (Å²) in [5, 5.41) is 0.537. The maximum atomic E-state index is 12.6. The number of benzene rings is 2. The van der Waals surface area contributed by atoms with E-state index in [1.807, 2.05) is 47.4 Å². The Morgan fingerprint density at radius 2 is 1.74 bits per heavy atom. The van der Waals surface area contributed by atoms with Crippen molar-refractivity contribution in [2.24, 2.45) is 5.92 Å². The first-order valence-corrected chi connectivity index (χ1v) is 10.6. The molecule has 7 nitrogen and oxygen atoms in total. The van der Waals surface area contributed by atoms with Crippen LogP contribution in [0.3, 0.4) is 0 Å². The van der Waals surface area contributed by atoms with E-state index in [0.29, 0.717) is 49.0 Å². The Bertz CT molecular complexity index is 990. The Balaban J connectivity index is 1.41. The number of carbonyl (C=O) groups excluding carboxylic acids is 3. The number of carbonyl (C=O) groups is 3. The van der Waals surface area contributed by atoms with Gasteiger partial charge in [0, 0.05) is 50.4 Å². The third kappa shape index (κ3) is 4.37. The van der Waals surface area contributed by atoms with Crippen molar-refractivity contribution in [3.05, 3.63) is 59.1 Å². The van der Waals surface area contributed by atoms with Crippen molar-refractivity contribution < 1.29 is 19.1 Å². The normalized spacial score (nSPS) is 19.0. The van der Waals surface area contributed by atoms with Gasteiger partial charge in [-0.1, -0.05) is 29.8 Å². The molecule has 2 aromatic rings. The molecule has 2 saturated heterocycles. The molecule has 0 N–H and O–H groups in total. The zero-order valence-electron chi connectivity index (χ0n) is 17.3. The lowest BCUT2D eigenvalue weighted by molar-refractivity contribution is -0.145. The molecule has 0 aromatic heterocycles. The molecule has 1 atom stereocenters. The largest absolute Gasteiger partial charge is 0.469 e. The maximum Gasteiger partial charge on any atom is 0.311 e.